The van der Waals surface area contributed by atoms with Crippen LogP contribution in [0, 0.1) is 6.92 Å². The maximum atomic E-state index is 10.9. The summed E-state index contributed by atoms with van der Waals surface area (Å²) in [7, 11) is 1.76. The number of carboxylic acids is 1. The van der Waals surface area contributed by atoms with E-state index in [9.17, 15) is 4.79 Å². The maximum absolute atomic E-state index is 10.9. The van der Waals surface area contributed by atoms with Crippen molar-refractivity contribution in [1.29, 1.82) is 0 Å². The van der Waals surface area contributed by atoms with Crippen LogP contribution >= 0.6 is 11.8 Å². The highest BCUT2D eigenvalue weighted by molar-refractivity contribution is 7.98. The van der Waals surface area contributed by atoms with Gasteiger partial charge >= 0.3 is 5.97 Å². The Balaban J connectivity index is 2.58. The second-order valence-corrected chi connectivity index (χ2v) is 4.90. The Bertz CT molecular complexity index is 605. The maximum Gasteiger partial charge on any atom is 0.356 e. The number of rotatable bonds is 3. The van der Waals surface area contributed by atoms with Crippen LogP contribution in [0.1, 0.15) is 16.1 Å². The third-order valence-corrected chi connectivity index (χ3v) is 3.51. The molecule has 0 amide bonds. The molecule has 1 heterocycles. The zero-order chi connectivity index (χ0) is 13.3. The molecule has 0 radical (unpaired) electrons. The number of aromatic carboxylic acids is 1. The van der Waals surface area contributed by atoms with Gasteiger partial charge < -0.3 is 5.11 Å². The second kappa shape index (κ2) is 4.86. The van der Waals surface area contributed by atoms with Crippen molar-refractivity contribution in [2.75, 3.05) is 6.26 Å². The number of nitrogens with zero attached hydrogens (tertiary/aromatic N) is 2. The van der Waals surface area contributed by atoms with Gasteiger partial charge in [-0.05, 0) is 30.9 Å². The zero-order valence-electron chi connectivity index (χ0n) is 10.5. The van der Waals surface area contributed by atoms with E-state index in [-0.39, 0.29) is 5.69 Å². The Morgan fingerprint density at radius 3 is 2.67 bits per heavy atom. The molecule has 5 heteroatoms. The Morgan fingerprint density at radius 1 is 1.39 bits per heavy atom. The molecule has 0 aliphatic rings. The molecule has 4 nitrogen and oxygen atoms in total. The van der Waals surface area contributed by atoms with Gasteiger partial charge in [0, 0.05) is 17.5 Å². The molecule has 0 atom stereocenters. The lowest BCUT2D eigenvalue weighted by Gasteiger charge is -2.08. The Kier molecular flexibility index (Phi) is 3.43. The average Bonchev–Trinajstić information content (AvgIpc) is 2.71. The topological polar surface area (TPSA) is 55.1 Å². The summed E-state index contributed by atoms with van der Waals surface area (Å²) in [5.41, 5.74) is 3.08. The Labute approximate surface area is 110 Å². The van der Waals surface area contributed by atoms with Gasteiger partial charge in [0.25, 0.3) is 0 Å². The summed E-state index contributed by atoms with van der Waals surface area (Å²) in [5, 5.41) is 13.0. The molecule has 2 aromatic rings. The molecule has 0 aliphatic heterocycles. The fourth-order valence-electron chi connectivity index (χ4n) is 1.83. The molecule has 1 aromatic heterocycles. The molecule has 0 saturated carbocycles. The van der Waals surface area contributed by atoms with Crippen molar-refractivity contribution < 1.29 is 9.90 Å². The lowest BCUT2D eigenvalue weighted by molar-refractivity contribution is 0.0689. The third-order valence-electron chi connectivity index (χ3n) is 2.73. The molecule has 0 fully saturated rings. The van der Waals surface area contributed by atoms with Gasteiger partial charge in [-0.25, -0.2) is 4.79 Å². The van der Waals surface area contributed by atoms with Gasteiger partial charge in [0.1, 0.15) is 0 Å². The first-order valence-corrected chi connectivity index (χ1v) is 6.67. The van der Waals surface area contributed by atoms with Gasteiger partial charge in [-0.3, -0.25) is 4.68 Å². The third kappa shape index (κ3) is 2.26. The predicted molar refractivity (Wildman–Crippen MR) is 72.1 cm³/mol. The zero-order valence-corrected chi connectivity index (χ0v) is 11.3. The number of aryl methyl sites for hydroxylation is 2. The van der Waals surface area contributed by atoms with Gasteiger partial charge in [-0.1, -0.05) is 12.1 Å². The van der Waals surface area contributed by atoms with Crippen LogP contribution in [0.2, 0.25) is 0 Å². The number of thioether (sulfide) groups is 1. The van der Waals surface area contributed by atoms with E-state index >= 15 is 0 Å². The SMILES string of the molecule is CSc1cc(C)ccc1-c1cc(C(=O)O)nn1C. The second-order valence-electron chi connectivity index (χ2n) is 4.05. The van der Waals surface area contributed by atoms with Crippen molar-refractivity contribution in [3.8, 4) is 11.3 Å². The summed E-state index contributed by atoms with van der Waals surface area (Å²) in [6.07, 6.45) is 2.01. The van der Waals surface area contributed by atoms with Crippen molar-refractivity contribution in [2.24, 2.45) is 7.05 Å². The van der Waals surface area contributed by atoms with E-state index in [4.69, 9.17) is 5.11 Å². The van der Waals surface area contributed by atoms with Gasteiger partial charge in [-0.15, -0.1) is 11.8 Å². The number of carboxylic acid groups (broad SMARTS) is 1. The fourth-order valence-corrected chi connectivity index (χ4v) is 2.53. The van der Waals surface area contributed by atoms with Gasteiger partial charge in [0.2, 0.25) is 0 Å². The van der Waals surface area contributed by atoms with E-state index in [2.05, 4.69) is 11.2 Å². The molecule has 0 aliphatic carbocycles. The van der Waals surface area contributed by atoms with Crippen LogP contribution in [0.4, 0.5) is 0 Å². The lowest BCUT2D eigenvalue weighted by atomic mass is 10.1. The first kappa shape index (κ1) is 12.7. The largest absolute Gasteiger partial charge is 0.476 e. The number of hydrogen-bond donors (Lipinski definition) is 1. The highest BCUT2D eigenvalue weighted by Gasteiger charge is 2.14. The molecule has 1 aromatic carbocycles. The number of carbonyl (C=O) groups is 1. The molecule has 94 valence electrons. The van der Waals surface area contributed by atoms with Crippen LogP contribution < -0.4 is 0 Å². The number of benzene rings is 1. The van der Waals surface area contributed by atoms with Gasteiger partial charge in [0.15, 0.2) is 5.69 Å². The van der Waals surface area contributed by atoms with Gasteiger partial charge in [0.05, 0.1) is 5.69 Å². The highest BCUT2D eigenvalue weighted by Crippen LogP contribution is 2.31. The van der Waals surface area contributed by atoms with E-state index in [1.165, 1.54) is 5.56 Å². The summed E-state index contributed by atoms with van der Waals surface area (Å²) < 4.78 is 1.60. The van der Waals surface area contributed by atoms with Crippen LogP contribution in [0.5, 0.6) is 0 Å². The van der Waals surface area contributed by atoms with Crippen molar-refractivity contribution >= 4 is 17.7 Å². The highest BCUT2D eigenvalue weighted by atomic mass is 32.2. The number of aromatic nitrogens is 2. The summed E-state index contributed by atoms with van der Waals surface area (Å²) in [6.45, 7) is 2.04. The molecular formula is C13H14N2O2S. The van der Waals surface area contributed by atoms with E-state index in [0.29, 0.717) is 0 Å². The summed E-state index contributed by atoms with van der Waals surface area (Å²) in [4.78, 5) is 12.0. The summed E-state index contributed by atoms with van der Waals surface area (Å²) in [5.74, 6) is -1.00. The fraction of sp³-hybridized carbons (Fsp3) is 0.231. The Morgan fingerprint density at radius 2 is 2.11 bits per heavy atom. The van der Waals surface area contributed by atoms with Crippen LogP contribution in [-0.4, -0.2) is 27.1 Å². The van der Waals surface area contributed by atoms with E-state index in [1.54, 1.807) is 29.6 Å². The molecule has 2 rings (SSSR count). The van der Waals surface area contributed by atoms with E-state index in [1.807, 2.05) is 25.3 Å². The van der Waals surface area contributed by atoms with Crippen molar-refractivity contribution in [1.82, 2.24) is 9.78 Å². The minimum absolute atomic E-state index is 0.0696. The normalized spacial score (nSPS) is 10.6. The number of hydrogen-bond acceptors (Lipinski definition) is 3. The van der Waals surface area contributed by atoms with Crippen LogP contribution in [0.3, 0.4) is 0 Å². The van der Waals surface area contributed by atoms with E-state index < -0.39 is 5.97 Å². The molecule has 0 unspecified atom stereocenters. The molecular weight excluding hydrogens is 248 g/mol. The first-order chi connectivity index (χ1) is 8.52. The smallest absolute Gasteiger partial charge is 0.356 e. The van der Waals surface area contributed by atoms with Crippen molar-refractivity contribution in [2.45, 2.75) is 11.8 Å². The minimum Gasteiger partial charge on any atom is -0.476 e. The molecule has 1 N–H and O–H groups in total. The predicted octanol–water partition coefficient (Wildman–Crippen LogP) is 2.82. The lowest BCUT2D eigenvalue weighted by Crippen LogP contribution is -1.99. The molecule has 0 bridgehead atoms. The summed E-state index contributed by atoms with van der Waals surface area (Å²) >= 11 is 1.64. The van der Waals surface area contributed by atoms with Crippen LogP contribution in [0.15, 0.2) is 29.2 Å². The van der Waals surface area contributed by atoms with Crippen molar-refractivity contribution in [3.05, 3.63) is 35.5 Å². The molecule has 18 heavy (non-hydrogen) atoms. The molecule has 0 spiro atoms. The van der Waals surface area contributed by atoms with E-state index in [0.717, 1.165) is 16.2 Å². The average molecular weight is 262 g/mol. The van der Waals surface area contributed by atoms with Gasteiger partial charge in [-0.2, -0.15) is 5.10 Å². The van der Waals surface area contributed by atoms with Crippen LogP contribution in [0.25, 0.3) is 11.3 Å². The Hall–Kier alpha value is -1.75. The monoisotopic (exact) mass is 262 g/mol. The standard InChI is InChI=1S/C13H14N2O2S/c1-8-4-5-9(12(6-8)18-3)11-7-10(13(16)17)14-15(11)2/h4-7H,1-3H3,(H,16,17). The van der Waals surface area contributed by atoms with Crippen molar-refractivity contribution in [3.63, 3.8) is 0 Å². The summed E-state index contributed by atoms with van der Waals surface area (Å²) in [6, 6.07) is 7.71. The first-order valence-electron chi connectivity index (χ1n) is 5.45. The quantitative estimate of drug-likeness (QED) is 0.864. The minimum atomic E-state index is -1.00. The molecule has 0 saturated heterocycles. The van der Waals surface area contributed by atoms with Crippen LogP contribution in [-0.2, 0) is 7.05 Å².